The van der Waals surface area contributed by atoms with Crippen LogP contribution in [0.4, 0.5) is 10.1 Å². The number of nitrogens with zero attached hydrogens (tertiary/aromatic N) is 1. The van der Waals surface area contributed by atoms with Crippen LogP contribution in [0.1, 0.15) is 25.3 Å². The number of fused-ring (bicyclic) bond motifs is 1. The molecular weight excluding hydrogens is 203 g/mol. The topological polar surface area (TPSA) is 15.3 Å². The van der Waals surface area contributed by atoms with Crippen LogP contribution in [-0.4, -0.2) is 26.2 Å². The van der Waals surface area contributed by atoms with Crippen LogP contribution < -0.4 is 10.2 Å². The molecule has 1 aromatic rings. The molecule has 0 bridgehead atoms. The Balaban J connectivity index is 2.40. The maximum atomic E-state index is 13.9. The van der Waals surface area contributed by atoms with Crippen LogP contribution in [0.15, 0.2) is 18.2 Å². The second kappa shape index (κ2) is 4.42. The van der Waals surface area contributed by atoms with Crippen molar-refractivity contribution in [2.75, 3.05) is 25.0 Å². The molecule has 88 valence electrons. The Morgan fingerprint density at radius 3 is 2.88 bits per heavy atom. The number of nitrogens with one attached hydrogen (secondary N) is 1. The van der Waals surface area contributed by atoms with Crippen LogP contribution in [0.25, 0.3) is 0 Å². The highest BCUT2D eigenvalue weighted by atomic mass is 19.1. The summed E-state index contributed by atoms with van der Waals surface area (Å²) < 4.78 is 13.9. The van der Waals surface area contributed by atoms with E-state index >= 15 is 0 Å². The number of hydrogen-bond acceptors (Lipinski definition) is 2. The van der Waals surface area contributed by atoms with Crippen molar-refractivity contribution in [3.8, 4) is 0 Å². The molecular formula is C13H19FN2. The lowest BCUT2D eigenvalue weighted by molar-refractivity contribution is 0.596. The minimum atomic E-state index is -0.0928. The second-order valence-corrected chi connectivity index (χ2v) is 4.68. The average Bonchev–Trinajstić information content (AvgIpc) is 2.60. The standard InChI is InChI=1S/C13H19FN2/c1-9(2)16-8-10(7-15-3)11-5-4-6-12(14)13(11)16/h4-6,9-10,15H,7-8H2,1-3H3. The second-order valence-electron chi connectivity index (χ2n) is 4.68. The number of para-hydroxylation sites is 1. The summed E-state index contributed by atoms with van der Waals surface area (Å²) in [5.74, 6) is 0.308. The fourth-order valence-electron chi connectivity index (χ4n) is 2.48. The predicted octanol–water partition coefficient (Wildman–Crippen LogP) is 2.36. The number of halogens is 1. The highest BCUT2D eigenvalue weighted by molar-refractivity contribution is 5.61. The Morgan fingerprint density at radius 2 is 2.25 bits per heavy atom. The van der Waals surface area contributed by atoms with Crippen molar-refractivity contribution < 1.29 is 4.39 Å². The third-order valence-corrected chi connectivity index (χ3v) is 3.24. The van der Waals surface area contributed by atoms with Gasteiger partial charge in [0.05, 0.1) is 5.69 Å². The molecule has 1 aliphatic rings. The van der Waals surface area contributed by atoms with Crippen molar-refractivity contribution in [1.29, 1.82) is 0 Å². The van der Waals surface area contributed by atoms with Gasteiger partial charge in [0, 0.05) is 25.0 Å². The zero-order valence-corrected chi connectivity index (χ0v) is 10.1. The van der Waals surface area contributed by atoms with Gasteiger partial charge in [-0.05, 0) is 32.5 Å². The van der Waals surface area contributed by atoms with Crippen molar-refractivity contribution in [1.82, 2.24) is 5.32 Å². The fourth-order valence-corrected chi connectivity index (χ4v) is 2.48. The van der Waals surface area contributed by atoms with Crippen molar-refractivity contribution >= 4 is 5.69 Å². The molecule has 0 aliphatic carbocycles. The summed E-state index contributed by atoms with van der Waals surface area (Å²) in [5, 5.41) is 3.18. The van der Waals surface area contributed by atoms with E-state index in [1.165, 1.54) is 0 Å². The summed E-state index contributed by atoms with van der Waals surface area (Å²) in [4.78, 5) is 2.16. The maximum absolute atomic E-state index is 13.9. The first-order valence-corrected chi connectivity index (χ1v) is 5.84. The van der Waals surface area contributed by atoms with Gasteiger partial charge in [0.2, 0.25) is 0 Å². The van der Waals surface area contributed by atoms with E-state index in [4.69, 9.17) is 0 Å². The van der Waals surface area contributed by atoms with Gasteiger partial charge in [-0.2, -0.15) is 0 Å². The maximum Gasteiger partial charge on any atom is 0.146 e. The molecule has 1 aromatic carbocycles. The van der Waals surface area contributed by atoms with E-state index in [1.807, 2.05) is 13.1 Å². The monoisotopic (exact) mass is 222 g/mol. The van der Waals surface area contributed by atoms with Crippen molar-refractivity contribution in [2.24, 2.45) is 0 Å². The Morgan fingerprint density at radius 1 is 1.50 bits per heavy atom. The number of likely N-dealkylation sites (N-methyl/N-ethyl adjacent to an activating group) is 1. The molecule has 0 radical (unpaired) electrons. The van der Waals surface area contributed by atoms with Crippen LogP contribution in [-0.2, 0) is 0 Å². The fraction of sp³-hybridized carbons (Fsp3) is 0.538. The number of anilines is 1. The van der Waals surface area contributed by atoms with Crippen molar-refractivity contribution in [3.05, 3.63) is 29.6 Å². The predicted molar refractivity (Wildman–Crippen MR) is 65.5 cm³/mol. The molecule has 2 nitrogen and oxygen atoms in total. The summed E-state index contributed by atoms with van der Waals surface area (Å²) in [5.41, 5.74) is 1.95. The summed E-state index contributed by atoms with van der Waals surface area (Å²) in [6, 6.07) is 5.75. The van der Waals surface area contributed by atoms with Crippen LogP contribution in [0.2, 0.25) is 0 Å². The van der Waals surface area contributed by atoms with Crippen molar-refractivity contribution in [2.45, 2.75) is 25.8 Å². The van der Waals surface area contributed by atoms with E-state index in [2.05, 4.69) is 24.1 Å². The van der Waals surface area contributed by atoms with E-state index in [0.29, 0.717) is 12.0 Å². The third kappa shape index (κ3) is 1.80. The van der Waals surface area contributed by atoms with Gasteiger partial charge in [-0.15, -0.1) is 0 Å². The number of rotatable bonds is 3. The van der Waals surface area contributed by atoms with E-state index < -0.39 is 0 Å². The Labute approximate surface area is 96.5 Å². The van der Waals surface area contributed by atoms with Gasteiger partial charge in [-0.1, -0.05) is 12.1 Å². The highest BCUT2D eigenvalue weighted by Gasteiger charge is 2.31. The van der Waals surface area contributed by atoms with E-state index in [-0.39, 0.29) is 5.82 Å². The molecule has 0 saturated carbocycles. The lowest BCUT2D eigenvalue weighted by atomic mass is 10.0. The average molecular weight is 222 g/mol. The van der Waals surface area contributed by atoms with Gasteiger partial charge in [0.25, 0.3) is 0 Å². The minimum Gasteiger partial charge on any atom is -0.366 e. The zero-order valence-electron chi connectivity index (χ0n) is 10.1. The molecule has 1 atom stereocenters. The first kappa shape index (κ1) is 11.4. The summed E-state index contributed by atoms with van der Waals surface area (Å²) >= 11 is 0. The normalized spacial score (nSPS) is 19.3. The molecule has 2 rings (SSSR count). The molecule has 1 N–H and O–H groups in total. The molecule has 0 spiro atoms. The summed E-state index contributed by atoms with van der Waals surface area (Å²) in [7, 11) is 1.94. The molecule has 1 heterocycles. The summed E-state index contributed by atoms with van der Waals surface area (Å²) in [6.45, 7) is 6.03. The SMILES string of the molecule is CNCC1CN(C(C)C)c2c(F)cccc21. The largest absolute Gasteiger partial charge is 0.366 e. The first-order valence-electron chi connectivity index (χ1n) is 5.84. The quantitative estimate of drug-likeness (QED) is 0.844. The Bertz CT molecular complexity index is 376. The van der Waals surface area contributed by atoms with Gasteiger partial charge < -0.3 is 10.2 Å². The molecule has 0 saturated heterocycles. The van der Waals surface area contributed by atoms with Crippen LogP contribution >= 0.6 is 0 Å². The van der Waals surface area contributed by atoms with E-state index in [9.17, 15) is 4.39 Å². The highest BCUT2D eigenvalue weighted by Crippen LogP contribution is 2.38. The van der Waals surface area contributed by atoms with Crippen LogP contribution in [0, 0.1) is 5.82 Å². The lowest BCUT2D eigenvalue weighted by Gasteiger charge is -2.24. The van der Waals surface area contributed by atoms with Gasteiger partial charge in [0.1, 0.15) is 5.82 Å². The number of benzene rings is 1. The van der Waals surface area contributed by atoms with Gasteiger partial charge in [-0.3, -0.25) is 0 Å². The molecule has 1 aliphatic heterocycles. The van der Waals surface area contributed by atoms with Crippen molar-refractivity contribution in [3.63, 3.8) is 0 Å². The van der Waals surface area contributed by atoms with Gasteiger partial charge in [0.15, 0.2) is 0 Å². The molecule has 0 amide bonds. The molecule has 3 heteroatoms. The Hall–Kier alpha value is -1.09. The smallest absolute Gasteiger partial charge is 0.146 e. The van der Waals surface area contributed by atoms with Gasteiger partial charge >= 0.3 is 0 Å². The third-order valence-electron chi connectivity index (χ3n) is 3.24. The van der Waals surface area contributed by atoms with Crippen LogP contribution in [0.5, 0.6) is 0 Å². The zero-order chi connectivity index (χ0) is 11.7. The molecule has 0 fully saturated rings. The first-order chi connectivity index (χ1) is 7.65. The van der Waals surface area contributed by atoms with Crippen LogP contribution in [0.3, 0.4) is 0 Å². The lowest BCUT2D eigenvalue weighted by Crippen LogP contribution is -2.31. The minimum absolute atomic E-state index is 0.0928. The summed E-state index contributed by atoms with van der Waals surface area (Å²) in [6.07, 6.45) is 0. The van der Waals surface area contributed by atoms with Gasteiger partial charge in [-0.25, -0.2) is 4.39 Å². The molecule has 1 unspecified atom stereocenters. The molecule has 0 aromatic heterocycles. The van der Waals surface area contributed by atoms with E-state index in [0.717, 1.165) is 24.3 Å². The Kier molecular flexibility index (Phi) is 3.15. The molecule has 16 heavy (non-hydrogen) atoms. The van der Waals surface area contributed by atoms with E-state index in [1.54, 1.807) is 12.1 Å². The number of hydrogen-bond donors (Lipinski definition) is 1.